The van der Waals surface area contributed by atoms with Gasteiger partial charge in [-0.05, 0) is 36.4 Å². The fourth-order valence-electron chi connectivity index (χ4n) is 2.45. The van der Waals surface area contributed by atoms with Gasteiger partial charge in [-0.2, -0.15) is 0 Å². The number of pyridine rings is 1. The molecule has 0 aliphatic carbocycles. The first kappa shape index (κ1) is 13.0. The van der Waals surface area contributed by atoms with E-state index in [9.17, 15) is 4.79 Å². The van der Waals surface area contributed by atoms with Crippen LogP contribution in [0.1, 0.15) is 32.3 Å². The maximum Gasteiger partial charge on any atom is 0.237 e. The molecule has 1 aromatic heterocycles. The van der Waals surface area contributed by atoms with Gasteiger partial charge in [-0.3, -0.25) is 9.78 Å². The number of hydrogen-bond acceptors (Lipinski definition) is 3. The fourth-order valence-corrected chi connectivity index (χ4v) is 2.45. The van der Waals surface area contributed by atoms with Gasteiger partial charge in [-0.1, -0.05) is 19.9 Å². The number of nitrogens with zero attached hydrogens (tertiary/aromatic N) is 1. The molecule has 4 nitrogen and oxygen atoms in total. The second kappa shape index (κ2) is 5.48. The summed E-state index contributed by atoms with van der Waals surface area (Å²) in [4.78, 5) is 16.2. The zero-order chi connectivity index (χ0) is 13.0. The Labute approximate surface area is 108 Å². The molecule has 98 valence electrons. The van der Waals surface area contributed by atoms with E-state index in [0.717, 1.165) is 24.9 Å². The van der Waals surface area contributed by atoms with Crippen LogP contribution in [0.2, 0.25) is 0 Å². The molecule has 0 aromatic carbocycles. The maximum absolute atomic E-state index is 12.2. The summed E-state index contributed by atoms with van der Waals surface area (Å²) in [7, 11) is 0. The van der Waals surface area contributed by atoms with Crippen LogP contribution < -0.4 is 10.6 Å². The molecule has 1 amide bonds. The van der Waals surface area contributed by atoms with Gasteiger partial charge in [0.2, 0.25) is 5.91 Å². The van der Waals surface area contributed by atoms with Crippen molar-refractivity contribution in [3.8, 4) is 0 Å². The molecule has 2 N–H and O–H groups in total. The fraction of sp³-hybridized carbons (Fsp3) is 0.571. The molecule has 1 fully saturated rings. The number of piperidine rings is 1. The molecular weight excluding hydrogens is 226 g/mol. The van der Waals surface area contributed by atoms with Crippen molar-refractivity contribution in [1.29, 1.82) is 0 Å². The van der Waals surface area contributed by atoms with Crippen molar-refractivity contribution in [2.24, 2.45) is 5.41 Å². The summed E-state index contributed by atoms with van der Waals surface area (Å²) >= 11 is 0. The molecule has 0 bridgehead atoms. The largest absolute Gasteiger partial charge is 0.351 e. The lowest BCUT2D eigenvalue weighted by molar-refractivity contribution is -0.126. The van der Waals surface area contributed by atoms with E-state index in [-0.39, 0.29) is 17.4 Å². The standard InChI is InChI=1S/C14H21N3O/c1-14(2)6-4-8-16-12(14)13(18)17-10-11-5-3-7-15-9-11/h3,5,7,9,12,16H,4,6,8,10H2,1-2H3,(H,17,18). The third kappa shape index (κ3) is 3.07. The molecule has 0 radical (unpaired) electrons. The average Bonchev–Trinajstić information content (AvgIpc) is 2.37. The summed E-state index contributed by atoms with van der Waals surface area (Å²) in [5.74, 6) is 0.0866. The van der Waals surface area contributed by atoms with E-state index in [0.29, 0.717) is 6.54 Å². The van der Waals surface area contributed by atoms with Crippen LogP contribution in [0.5, 0.6) is 0 Å². The smallest absolute Gasteiger partial charge is 0.237 e. The van der Waals surface area contributed by atoms with Crippen LogP contribution >= 0.6 is 0 Å². The second-order valence-corrected chi connectivity index (χ2v) is 5.56. The van der Waals surface area contributed by atoms with Gasteiger partial charge in [0.05, 0.1) is 6.04 Å². The Bertz CT molecular complexity index is 403. The Hall–Kier alpha value is -1.42. The van der Waals surface area contributed by atoms with Crippen molar-refractivity contribution >= 4 is 5.91 Å². The number of amides is 1. The van der Waals surface area contributed by atoms with E-state index < -0.39 is 0 Å². The van der Waals surface area contributed by atoms with Crippen LogP contribution in [0.3, 0.4) is 0 Å². The van der Waals surface area contributed by atoms with Gasteiger partial charge in [0, 0.05) is 18.9 Å². The molecule has 18 heavy (non-hydrogen) atoms. The Balaban J connectivity index is 1.91. The first-order valence-corrected chi connectivity index (χ1v) is 6.49. The highest BCUT2D eigenvalue weighted by molar-refractivity contribution is 5.82. The monoisotopic (exact) mass is 247 g/mol. The summed E-state index contributed by atoms with van der Waals surface area (Å²) in [6.07, 6.45) is 5.74. The number of aromatic nitrogens is 1. The van der Waals surface area contributed by atoms with E-state index >= 15 is 0 Å². The van der Waals surface area contributed by atoms with E-state index in [1.807, 2.05) is 12.1 Å². The van der Waals surface area contributed by atoms with E-state index in [4.69, 9.17) is 0 Å². The molecular formula is C14H21N3O. The summed E-state index contributed by atoms with van der Waals surface area (Å²) in [6.45, 7) is 5.76. The molecule has 2 rings (SSSR count). The van der Waals surface area contributed by atoms with Crippen molar-refractivity contribution in [3.63, 3.8) is 0 Å². The Morgan fingerprint density at radius 2 is 2.44 bits per heavy atom. The molecule has 0 saturated carbocycles. The third-order valence-corrected chi connectivity index (χ3v) is 3.58. The molecule has 2 heterocycles. The van der Waals surface area contributed by atoms with E-state index in [1.54, 1.807) is 12.4 Å². The van der Waals surface area contributed by atoms with Crippen molar-refractivity contribution in [1.82, 2.24) is 15.6 Å². The number of carbonyl (C=O) groups is 1. The minimum absolute atomic E-state index is 0.0251. The van der Waals surface area contributed by atoms with Gasteiger partial charge in [-0.15, -0.1) is 0 Å². The summed E-state index contributed by atoms with van der Waals surface area (Å²) < 4.78 is 0. The van der Waals surface area contributed by atoms with Gasteiger partial charge in [-0.25, -0.2) is 0 Å². The highest BCUT2D eigenvalue weighted by Gasteiger charge is 2.36. The first-order valence-electron chi connectivity index (χ1n) is 6.49. The lowest BCUT2D eigenvalue weighted by atomic mass is 9.77. The lowest BCUT2D eigenvalue weighted by Crippen LogP contribution is -2.55. The van der Waals surface area contributed by atoms with E-state index in [1.165, 1.54) is 0 Å². The molecule has 1 aromatic rings. The summed E-state index contributed by atoms with van der Waals surface area (Å²) in [5, 5.41) is 6.30. The quantitative estimate of drug-likeness (QED) is 0.850. The van der Waals surface area contributed by atoms with Crippen LogP contribution in [0, 0.1) is 5.41 Å². The Morgan fingerprint density at radius 3 is 3.11 bits per heavy atom. The van der Waals surface area contributed by atoms with Crippen LogP contribution in [0.25, 0.3) is 0 Å². The minimum Gasteiger partial charge on any atom is -0.351 e. The maximum atomic E-state index is 12.2. The molecule has 1 aliphatic rings. The second-order valence-electron chi connectivity index (χ2n) is 5.56. The van der Waals surface area contributed by atoms with Crippen LogP contribution in [-0.4, -0.2) is 23.5 Å². The van der Waals surface area contributed by atoms with Crippen LogP contribution in [0.4, 0.5) is 0 Å². The minimum atomic E-state index is -0.0945. The third-order valence-electron chi connectivity index (χ3n) is 3.58. The zero-order valence-electron chi connectivity index (χ0n) is 11.1. The number of nitrogens with one attached hydrogen (secondary N) is 2. The highest BCUT2D eigenvalue weighted by atomic mass is 16.2. The lowest BCUT2D eigenvalue weighted by Gasteiger charge is -2.38. The normalized spacial score (nSPS) is 22.4. The summed E-state index contributed by atoms with van der Waals surface area (Å²) in [5.41, 5.74) is 1.05. The molecule has 1 unspecified atom stereocenters. The van der Waals surface area contributed by atoms with Crippen molar-refractivity contribution in [2.45, 2.75) is 39.3 Å². The number of carbonyl (C=O) groups excluding carboxylic acids is 1. The van der Waals surface area contributed by atoms with Crippen LogP contribution in [0.15, 0.2) is 24.5 Å². The Kier molecular flexibility index (Phi) is 3.97. The van der Waals surface area contributed by atoms with Crippen molar-refractivity contribution in [2.75, 3.05) is 6.54 Å². The van der Waals surface area contributed by atoms with Crippen molar-refractivity contribution in [3.05, 3.63) is 30.1 Å². The molecule has 0 spiro atoms. The van der Waals surface area contributed by atoms with Crippen LogP contribution in [-0.2, 0) is 11.3 Å². The van der Waals surface area contributed by atoms with Gasteiger partial charge in [0.25, 0.3) is 0 Å². The predicted molar refractivity (Wildman–Crippen MR) is 70.9 cm³/mol. The zero-order valence-corrected chi connectivity index (χ0v) is 11.1. The van der Waals surface area contributed by atoms with Gasteiger partial charge >= 0.3 is 0 Å². The molecule has 1 aliphatic heterocycles. The van der Waals surface area contributed by atoms with E-state index in [2.05, 4.69) is 29.5 Å². The topological polar surface area (TPSA) is 54.0 Å². The summed E-state index contributed by atoms with van der Waals surface area (Å²) in [6, 6.07) is 3.75. The Morgan fingerprint density at radius 1 is 1.61 bits per heavy atom. The van der Waals surface area contributed by atoms with Gasteiger partial charge in [0.15, 0.2) is 0 Å². The number of hydrogen-bond donors (Lipinski definition) is 2. The molecule has 4 heteroatoms. The molecule has 1 saturated heterocycles. The van der Waals surface area contributed by atoms with Gasteiger partial charge in [0.1, 0.15) is 0 Å². The van der Waals surface area contributed by atoms with Crippen molar-refractivity contribution < 1.29 is 4.79 Å². The number of rotatable bonds is 3. The van der Waals surface area contributed by atoms with Gasteiger partial charge < -0.3 is 10.6 Å². The molecule has 1 atom stereocenters. The average molecular weight is 247 g/mol. The highest BCUT2D eigenvalue weighted by Crippen LogP contribution is 2.30. The first-order chi connectivity index (χ1) is 8.59. The predicted octanol–water partition coefficient (Wildman–Crippen LogP) is 1.48. The SMILES string of the molecule is CC1(C)CCCNC1C(=O)NCc1cccnc1.